The predicted octanol–water partition coefficient (Wildman–Crippen LogP) is 3.65. The van der Waals surface area contributed by atoms with E-state index in [1.54, 1.807) is 25.1 Å². The largest absolute Gasteiger partial charge is 0.454 e. The zero-order chi connectivity index (χ0) is 19.8. The molecule has 3 heterocycles. The standard InChI is InChI=1S/C20H18N2O5S/c1-10-12(3)28-20-17(10)19(24)21-18(22-20)11(2)27-16(23)7-5-13-4-6-14-15(8-13)26-9-25-14/h4-8,11H,9H2,1-3H3,(H,21,22,24)/b7-5+/t11-/m1/s1. The van der Waals surface area contributed by atoms with Gasteiger partial charge in [-0.25, -0.2) is 9.78 Å². The van der Waals surface area contributed by atoms with Crippen molar-refractivity contribution in [1.82, 2.24) is 9.97 Å². The topological polar surface area (TPSA) is 90.5 Å². The smallest absolute Gasteiger partial charge is 0.331 e. The number of carbonyl (C=O) groups is 1. The van der Waals surface area contributed by atoms with E-state index in [2.05, 4.69) is 9.97 Å². The van der Waals surface area contributed by atoms with Gasteiger partial charge < -0.3 is 19.2 Å². The lowest BCUT2D eigenvalue weighted by Gasteiger charge is -2.11. The molecule has 0 bridgehead atoms. The van der Waals surface area contributed by atoms with Crippen LogP contribution in [-0.4, -0.2) is 22.7 Å². The van der Waals surface area contributed by atoms with Gasteiger partial charge in [0.15, 0.2) is 23.4 Å². The summed E-state index contributed by atoms with van der Waals surface area (Å²) in [6, 6.07) is 5.38. The molecule has 0 unspecified atom stereocenters. The Bertz CT molecular complexity index is 1160. The van der Waals surface area contributed by atoms with E-state index >= 15 is 0 Å². The van der Waals surface area contributed by atoms with Crippen molar-refractivity contribution in [3.63, 3.8) is 0 Å². The molecule has 144 valence electrons. The zero-order valence-electron chi connectivity index (χ0n) is 15.6. The van der Waals surface area contributed by atoms with Gasteiger partial charge in [0.1, 0.15) is 4.83 Å². The Hall–Kier alpha value is -3.13. The summed E-state index contributed by atoms with van der Waals surface area (Å²) in [5, 5.41) is 0.590. The molecule has 1 aromatic carbocycles. The van der Waals surface area contributed by atoms with E-state index in [4.69, 9.17) is 14.2 Å². The zero-order valence-corrected chi connectivity index (χ0v) is 16.4. The Balaban J connectivity index is 1.48. The first kappa shape index (κ1) is 18.2. The molecule has 0 saturated carbocycles. The lowest BCUT2D eigenvalue weighted by atomic mass is 10.2. The third-order valence-electron chi connectivity index (χ3n) is 4.54. The number of esters is 1. The normalized spacial score (nSPS) is 14.0. The SMILES string of the molecule is Cc1sc2nc([C@@H](C)OC(=O)/C=C/c3ccc4c(c3)OCO4)[nH]c(=O)c2c1C. The number of benzene rings is 1. The van der Waals surface area contributed by atoms with E-state index in [9.17, 15) is 9.59 Å². The number of aromatic nitrogens is 2. The first-order chi connectivity index (χ1) is 13.4. The quantitative estimate of drug-likeness (QED) is 0.533. The molecule has 28 heavy (non-hydrogen) atoms. The fraction of sp³-hybridized carbons (Fsp3) is 0.250. The van der Waals surface area contributed by atoms with Crippen molar-refractivity contribution in [1.29, 1.82) is 0 Å². The van der Waals surface area contributed by atoms with Crippen molar-refractivity contribution in [2.75, 3.05) is 6.79 Å². The number of aryl methyl sites for hydroxylation is 2. The highest BCUT2D eigenvalue weighted by atomic mass is 32.1. The Morgan fingerprint density at radius 2 is 2.11 bits per heavy atom. The molecule has 1 aliphatic heterocycles. The number of fused-ring (bicyclic) bond motifs is 2. The van der Waals surface area contributed by atoms with Crippen molar-refractivity contribution in [3.05, 3.63) is 56.5 Å². The van der Waals surface area contributed by atoms with E-state index in [1.165, 1.54) is 17.4 Å². The van der Waals surface area contributed by atoms with Crippen LogP contribution in [0.3, 0.4) is 0 Å². The van der Waals surface area contributed by atoms with Crippen LogP contribution in [-0.2, 0) is 9.53 Å². The summed E-state index contributed by atoms with van der Waals surface area (Å²) >= 11 is 1.45. The van der Waals surface area contributed by atoms with Crippen LogP contribution < -0.4 is 15.0 Å². The maximum atomic E-state index is 12.4. The van der Waals surface area contributed by atoms with Gasteiger partial charge in [0.25, 0.3) is 5.56 Å². The number of ether oxygens (including phenoxy) is 3. The number of nitrogens with one attached hydrogen (secondary N) is 1. The molecule has 1 atom stereocenters. The molecule has 0 fully saturated rings. The number of hydrogen-bond acceptors (Lipinski definition) is 7. The second kappa shape index (κ2) is 7.12. The number of H-pyrrole nitrogens is 1. The lowest BCUT2D eigenvalue weighted by molar-refractivity contribution is -0.142. The lowest BCUT2D eigenvalue weighted by Crippen LogP contribution is -2.16. The second-order valence-electron chi connectivity index (χ2n) is 6.44. The Kier molecular flexibility index (Phi) is 4.64. The number of rotatable bonds is 4. The van der Waals surface area contributed by atoms with E-state index < -0.39 is 12.1 Å². The Labute approximate surface area is 164 Å². The second-order valence-corrected chi connectivity index (χ2v) is 7.64. The highest BCUT2D eigenvalue weighted by molar-refractivity contribution is 7.18. The highest BCUT2D eigenvalue weighted by Crippen LogP contribution is 2.33. The van der Waals surface area contributed by atoms with Crippen LogP contribution in [0.1, 0.15) is 34.9 Å². The first-order valence-electron chi connectivity index (χ1n) is 8.70. The molecule has 0 aliphatic carbocycles. The summed E-state index contributed by atoms with van der Waals surface area (Å²) in [4.78, 5) is 33.4. The maximum absolute atomic E-state index is 12.4. The first-order valence-corrected chi connectivity index (χ1v) is 9.52. The summed E-state index contributed by atoms with van der Waals surface area (Å²) in [5.41, 5.74) is 1.49. The summed E-state index contributed by atoms with van der Waals surface area (Å²) in [6.07, 6.45) is 2.26. The average molecular weight is 398 g/mol. The summed E-state index contributed by atoms with van der Waals surface area (Å²) in [7, 11) is 0. The molecule has 0 spiro atoms. The average Bonchev–Trinajstić information content (AvgIpc) is 3.24. The molecule has 0 saturated heterocycles. The minimum atomic E-state index is -0.686. The minimum absolute atomic E-state index is 0.195. The van der Waals surface area contributed by atoms with Crippen LogP contribution >= 0.6 is 11.3 Å². The molecule has 4 rings (SSSR count). The fourth-order valence-corrected chi connectivity index (χ4v) is 3.95. The predicted molar refractivity (Wildman–Crippen MR) is 106 cm³/mol. The number of aromatic amines is 1. The number of hydrogen-bond donors (Lipinski definition) is 1. The molecule has 1 N–H and O–H groups in total. The molecule has 3 aromatic rings. The van der Waals surface area contributed by atoms with E-state index in [0.717, 1.165) is 16.0 Å². The third-order valence-corrected chi connectivity index (χ3v) is 5.65. The van der Waals surface area contributed by atoms with Crippen molar-refractivity contribution < 1.29 is 19.0 Å². The summed E-state index contributed by atoms with van der Waals surface area (Å²) in [5.74, 6) is 1.10. The van der Waals surface area contributed by atoms with E-state index in [0.29, 0.717) is 27.5 Å². The molecule has 0 radical (unpaired) electrons. The summed E-state index contributed by atoms with van der Waals surface area (Å²) < 4.78 is 16.0. The van der Waals surface area contributed by atoms with Crippen molar-refractivity contribution in [3.8, 4) is 11.5 Å². The van der Waals surface area contributed by atoms with E-state index in [-0.39, 0.29) is 12.4 Å². The molecule has 2 aromatic heterocycles. The van der Waals surface area contributed by atoms with Crippen LogP contribution in [0.5, 0.6) is 11.5 Å². The van der Waals surface area contributed by atoms with Crippen LogP contribution in [0.2, 0.25) is 0 Å². The van der Waals surface area contributed by atoms with Crippen molar-refractivity contribution in [2.24, 2.45) is 0 Å². The van der Waals surface area contributed by atoms with Crippen LogP contribution in [0.15, 0.2) is 29.1 Å². The number of thiophene rings is 1. The van der Waals surface area contributed by atoms with Crippen molar-refractivity contribution >= 4 is 33.6 Å². The molecular formula is C20H18N2O5S. The number of nitrogens with zero attached hydrogens (tertiary/aromatic N) is 1. The highest BCUT2D eigenvalue weighted by Gasteiger charge is 2.17. The van der Waals surface area contributed by atoms with Crippen molar-refractivity contribution in [2.45, 2.75) is 26.9 Å². The monoisotopic (exact) mass is 398 g/mol. The fourth-order valence-electron chi connectivity index (χ4n) is 2.91. The Morgan fingerprint density at radius 3 is 2.93 bits per heavy atom. The van der Waals surface area contributed by atoms with Crippen LogP contribution in [0, 0.1) is 13.8 Å². The molecule has 1 aliphatic rings. The third kappa shape index (κ3) is 3.38. The van der Waals surface area contributed by atoms with Gasteiger partial charge in [-0.3, -0.25) is 4.79 Å². The molecule has 8 heteroatoms. The maximum Gasteiger partial charge on any atom is 0.331 e. The van der Waals surface area contributed by atoms with Gasteiger partial charge in [-0.15, -0.1) is 11.3 Å². The Morgan fingerprint density at radius 1 is 1.32 bits per heavy atom. The van der Waals surface area contributed by atoms with Gasteiger partial charge in [-0.05, 0) is 50.1 Å². The van der Waals surface area contributed by atoms with Gasteiger partial charge in [-0.2, -0.15) is 0 Å². The number of carbonyl (C=O) groups excluding carboxylic acids is 1. The van der Waals surface area contributed by atoms with Crippen LogP contribution in [0.4, 0.5) is 0 Å². The van der Waals surface area contributed by atoms with Gasteiger partial charge in [0, 0.05) is 11.0 Å². The van der Waals surface area contributed by atoms with E-state index in [1.807, 2.05) is 19.9 Å². The van der Waals surface area contributed by atoms with Crippen LogP contribution in [0.25, 0.3) is 16.3 Å². The van der Waals surface area contributed by atoms with Gasteiger partial charge >= 0.3 is 5.97 Å². The summed E-state index contributed by atoms with van der Waals surface area (Å²) in [6.45, 7) is 5.71. The minimum Gasteiger partial charge on any atom is -0.454 e. The molecule has 0 amide bonds. The molecule has 7 nitrogen and oxygen atoms in total. The van der Waals surface area contributed by atoms with Gasteiger partial charge in [-0.1, -0.05) is 6.07 Å². The van der Waals surface area contributed by atoms with Gasteiger partial charge in [0.2, 0.25) is 6.79 Å². The van der Waals surface area contributed by atoms with Gasteiger partial charge in [0.05, 0.1) is 5.39 Å². The molecular weight excluding hydrogens is 380 g/mol.